The second-order valence-corrected chi connectivity index (χ2v) is 11.2. The summed E-state index contributed by atoms with van der Waals surface area (Å²) in [6.45, 7) is 0.639. The summed E-state index contributed by atoms with van der Waals surface area (Å²) in [4.78, 5) is 4.69. The fourth-order valence-electron chi connectivity index (χ4n) is 3.60. The highest BCUT2D eigenvalue weighted by atomic mass is 32.2. The molecule has 0 bridgehead atoms. The molecule has 2 aliphatic rings. The number of benzene rings is 1. The van der Waals surface area contributed by atoms with Crippen molar-refractivity contribution in [3.05, 3.63) is 41.3 Å². The van der Waals surface area contributed by atoms with E-state index in [-0.39, 0.29) is 17.6 Å². The Morgan fingerprint density at radius 1 is 1.24 bits per heavy atom. The quantitative estimate of drug-likeness (QED) is 0.649. The van der Waals surface area contributed by atoms with Gasteiger partial charge in [0.1, 0.15) is 4.21 Å². The van der Waals surface area contributed by atoms with Crippen molar-refractivity contribution in [1.82, 2.24) is 0 Å². The maximum Gasteiger partial charge on any atom is 0.273 e. The number of nitrogens with one attached hydrogen (secondary N) is 1. The molecule has 0 saturated heterocycles. The number of hydrogen-bond acceptors (Lipinski definition) is 8. The Morgan fingerprint density at radius 2 is 2.03 bits per heavy atom. The standard InChI is InChI=1S/C19H23N3O4S3/c1-22(29(23,24)16-8-5-9-27-16)14-7-4-6-12-10-13(21-17(12)14)18-20-11-15(28-18)19(25-2)26-3/h4-9,13,15,19,21H,10-11H2,1-3H3. The topological polar surface area (TPSA) is 80.2 Å². The lowest BCUT2D eigenvalue weighted by atomic mass is 10.1. The highest BCUT2D eigenvalue weighted by Crippen LogP contribution is 2.40. The van der Waals surface area contributed by atoms with Crippen LogP contribution in [0, 0.1) is 0 Å². The predicted octanol–water partition coefficient (Wildman–Crippen LogP) is 3.04. The molecule has 7 nitrogen and oxygen atoms in total. The molecule has 0 fully saturated rings. The van der Waals surface area contributed by atoms with E-state index in [1.54, 1.807) is 50.5 Å². The van der Waals surface area contributed by atoms with E-state index in [9.17, 15) is 8.42 Å². The van der Waals surface area contributed by atoms with E-state index in [4.69, 9.17) is 9.47 Å². The average Bonchev–Trinajstić information content (AvgIpc) is 3.47. The third-order valence-electron chi connectivity index (χ3n) is 5.09. The molecule has 3 heterocycles. The van der Waals surface area contributed by atoms with Gasteiger partial charge in [-0.1, -0.05) is 30.0 Å². The molecule has 10 heteroatoms. The Balaban J connectivity index is 1.55. The van der Waals surface area contributed by atoms with Crippen LogP contribution in [0.15, 0.2) is 44.9 Å². The molecule has 0 spiro atoms. The lowest BCUT2D eigenvalue weighted by Gasteiger charge is -2.22. The van der Waals surface area contributed by atoms with Crippen molar-refractivity contribution in [1.29, 1.82) is 0 Å². The zero-order valence-corrected chi connectivity index (χ0v) is 18.8. The van der Waals surface area contributed by atoms with Crippen molar-refractivity contribution in [2.24, 2.45) is 4.99 Å². The minimum Gasteiger partial charge on any atom is -0.374 e. The molecule has 1 N–H and O–H groups in total. The summed E-state index contributed by atoms with van der Waals surface area (Å²) < 4.78 is 38.4. The minimum absolute atomic E-state index is 0.0216. The first-order valence-electron chi connectivity index (χ1n) is 9.13. The molecular formula is C19H23N3O4S3. The van der Waals surface area contributed by atoms with E-state index in [2.05, 4.69) is 10.3 Å². The maximum absolute atomic E-state index is 13.0. The van der Waals surface area contributed by atoms with E-state index in [1.807, 2.05) is 18.2 Å². The van der Waals surface area contributed by atoms with Crippen molar-refractivity contribution < 1.29 is 17.9 Å². The van der Waals surface area contributed by atoms with Crippen molar-refractivity contribution in [3.63, 3.8) is 0 Å². The fraction of sp³-hybridized carbons (Fsp3) is 0.421. The normalized spacial score (nSPS) is 21.2. The monoisotopic (exact) mass is 453 g/mol. The largest absolute Gasteiger partial charge is 0.374 e. The van der Waals surface area contributed by atoms with Crippen molar-refractivity contribution >= 4 is 49.5 Å². The van der Waals surface area contributed by atoms with Crippen LogP contribution in [0.2, 0.25) is 0 Å². The Kier molecular flexibility index (Phi) is 5.90. The van der Waals surface area contributed by atoms with E-state index in [1.165, 1.54) is 15.6 Å². The van der Waals surface area contributed by atoms with Gasteiger partial charge in [-0.25, -0.2) is 8.42 Å². The number of rotatable bonds is 7. The van der Waals surface area contributed by atoms with Crippen LogP contribution in [0.3, 0.4) is 0 Å². The predicted molar refractivity (Wildman–Crippen MR) is 119 cm³/mol. The zero-order valence-electron chi connectivity index (χ0n) is 16.4. The summed E-state index contributed by atoms with van der Waals surface area (Å²) in [6.07, 6.45) is 0.460. The van der Waals surface area contributed by atoms with Gasteiger partial charge in [0.2, 0.25) is 0 Å². The van der Waals surface area contributed by atoms with Crippen LogP contribution >= 0.6 is 23.1 Å². The second-order valence-electron chi connectivity index (χ2n) is 6.79. The molecular weight excluding hydrogens is 430 g/mol. The van der Waals surface area contributed by atoms with Gasteiger partial charge in [0.15, 0.2) is 6.29 Å². The molecule has 4 rings (SSSR count). The van der Waals surface area contributed by atoms with Gasteiger partial charge in [-0.15, -0.1) is 11.3 Å². The summed E-state index contributed by atoms with van der Waals surface area (Å²) in [5.74, 6) is 0. The van der Waals surface area contributed by atoms with Crippen LogP contribution < -0.4 is 9.62 Å². The summed E-state index contributed by atoms with van der Waals surface area (Å²) in [5.41, 5.74) is 2.58. The Hall–Kier alpha value is -1.59. The number of thiophene rings is 1. The number of methoxy groups -OCH3 is 2. The van der Waals surface area contributed by atoms with Crippen molar-refractivity contribution in [3.8, 4) is 0 Å². The van der Waals surface area contributed by atoms with Crippen LogP contribution in [-0.2, 0) is 25.9 Å². The van der Waals surface area contributed by atoms with E-state index < -0.39 is 10.0 Å². The number of nitrogens with zero attached hydrogens (tertiary/aromatic N) is 2. The number of aliphatic imine (C=N–C) groups is 1. The molecule has 0 radical (unpaired) electrons. The van der Waals surface area contributed by atoms with Gasteiger partial charge in [-0.3, -0.25) is 9.30 Å². The first-order chi connectivity index (χ1) is 14.0. The average molecular weight is 454 g/mol. The molecule has 1 aromatic heterocycles. The minimum atomic E-state index is -3.59. The Morgan fingerprint density at radius 3 is 2.72 bits per heavy atom. The van der Waals surface area contributed by atoms with Gasteiger partial charge in [0, 0.05) is 27.7 Å². The van der Waals surface area contributed by atoms with Gasteiger partial charge in [0.05, 0.1) is 34.3 Å². The van der Waals surface area contributed by atoms with Crippen LogP contribution in [0.25, 0.3) is 0 Å². The fourth-order valence-corrected chi connectivity index (χ4v) is 7.21. The van der Waals surface area contributed by atoms with Gasteiger partial charge in [0.25, 0.3) is 10.0 Å². The molecule has 29 heavy (non-hydrogen) atoms. The lowest BCUT2D eigenvalue weighted by molar-refractivity contribution is -0.0994. The first-order valence-corrected chi connectivity index (χ1v) is 12.3. The third kappa shape index (κ3) is 3.79. The number of sulfonamides is 1. The molecule has 2 aliphatic heterocycles. The number of fused-ring (bicyclic) bond motifs is 1. The van der Waals surface area contributed by atoms with Crippen LogP contribution in [-0.4, -0.2) is 58.9 Å². The number of thioether (sulfide) groups is 1. The molecule has 2 aromatic rings. The lowest BCUT2D eigenvalue weighted by Crippen LogP contribution is -2.30. The molecule has 1 aromatic carbocycles. The molecule has 0 aliphatic carbocycles. The van der Waals surface area contributed by atoms with Crippen LogP contribution in [0.4, 0.5) is 11.4 Å². The van der Waals surface area contributed by atoms with Crippen molar-refractivity contribution in [2.75, 3.05) is 37.4 Å². The highest BCUT2D eigenvalue weighted by molar-refractivity contribution is 8.15. The van der Waals surface area contributed by atoms with Gasteiger partial charge >= 0.3 is 0 Å². The maximum atomic E-state index is 13.0. The number of ether oxygens (including phenoxy) is 2. The summed E-state index contributed by atoms with van der Waals surface area (Å²) in [6, 6.07) is 9.15. The molecule has 2 unspecified atom stereocenters. The number of anilines is 2. The first kappa shape index (κ1) is 20.7. The highest BCUT2D eigenvalue weighted by Gasteiger charge is 2.36. The van der Waals surface area contributed by atoms with Gasteiger partial charge in [-0.2, -0.15) is 0 Å². The number of para-hydroxylation sites is 1. The smallest absolute Gasteiger partial charge is 0.273 e. The zero-order chi connectivity index (χ0) is 20.6. The van der Waals surface area contributed by atoms with E-state index in [0.717, 1.165) is 22.7 Å². The Labute approximate surface area is 179 Å². The van der Waals surface area contributed by atoms with Crippen LogP contribution in [0.5, 0.6) is 0 Å². The Bertz CT molecular complexity index is 1000. The van der Waals surface area contributed by atoms with Crippen LogP contribution in [0.1, 0.15) is 5.56 Å². The SMILES string of the molecule is COC(OC)C1CN=C(C2Cc3cccc(N(C)S(=O)(=O)c4cccs4)c3N2)S1. The van der Waals surface area contributed by atoms with E-state index in [0.29, 0.717) is 16.4 Å². The van der Waals surface area contributed by atoms with Gasteiger partial charge in [-0.05, 0) is 23.1 Å². The summed E-state index contributed by atoms with van der Waals surface area (Å²) in [7, 11) is 1.27. The summed E-state index contributed by atoms with van der Waals surface area (Å²) in [5, 5.41) is 6.39. The molecule has 156 valence electrons. The molecule has 0 saturated carbocycles. The summed E-state index contributed by atoms with van der Waals surface area (Å²) >= 11 is 2.88. The molecule has 2 atom stereocenters. The molecule has 0 amide bonds. The van der Waals surface area contributed by atoms with Crippen molar-refractivity contribution in [2.45, 2.75) is 28.2 Å². The second kappa shape index (κ2) is 8.27. The number of hydrogen-bond donors (Lipinski definition) is 1. The third-order valence-corrected chi connectivity index (χ3v) is 9.56. The van der Waals surface area contributed by atoms with Gasteiger partial charge < -0.3 is 14.8 Å². The van der Waals surface area contributed by atoms with E-state index >= 15 is 0 Å².